The van der Waals surface area contributed by atoms with Crippen LogP contribution in [0.3, 0.4) is 0 Å². The van der Waals surface area contributed by atoms with Crippen molar-refractivity contribution < 1.29 is 11.2 Å². The summed E-state index contributed by atoms with van der Waals surface area (Å²) >= 11 is -4.26. The third kappa shape index (κ3) is 3.44. The molecule has 4 heteroatoms. The fourth-order valence-electron chi connectivity index (χ4n) is 1.97. The first-order valence-corrected chi connectivity index (χ1v) is 10.1. The zero-order valence-electron chi connectivity index (χ0n) is 11.8. The minimum absolute atomic E-state index is 0.532. The van der Waals surface area contributed by atoms with Crippen molar-refractivity contribution in [2.24, 2.45) is 0 Å². The molecule has 3 rings (SSSR count). The van der Waals surface area contributed by atoms with E-state index in [1.807, 2.05) is 54.6 Å². The summed E-state index contributed by atoms with van der Waals surface area (Å²) in [6.07, 6.45) is 0. The van der Waals surface area contributed by atoms with Gasteiger partial charge in [0.05, 0.1) is 0 Å². The maximum atomic E-state index is 13.4. The quantitative estimate of drug-likeness (QED) is 0.659. The molecule has 3 aromatic carbocycles. The normalized spacial score (nSPS) is 10.9. The van der Waals surface area contributed by atoms with Gasteiger partial charge in [0.25, 0.3) is 0 Å². The zero-order chi connectivity index (χ0) is 15.3. The fourth-order valence-corrected chi connectivity index (χ4v) is 5.30. The van der Waals surface area contributed by atoms with Crippen molar-refractivity contribution in [3.8, 4) is 11.5 Å². The van der Waals surface area contributed by atoms with E-state index in [9.17, 15) is 3.74 Å². The van der Waals surface area contributed by atoms with Gasteiger partial charge in [-0.15, -0.1) is 0 Å². The number of hydrogen-bond acceptors (Lipinski definition) is 3. The van der Waals surface area contributed by atoms with Gasteiger partial charge in [-0.05, 0) is 0 Å². The van der Waals surface area contributed by atoms with E-state index >= 15 is 0 Å². The van der Waals surface area contributed by atoms with Gasteiger partial charge in [-0.3, -0.25) is 0 Å². The molecule has 0 saturated heterocycles. The van der Waals surface area contributed by atoms with E-state index in [2.05, 4.69) is 0 Å². The Morgan fingerprint density at radius 1 is 0.545 bits per heavy atom. The first-order valence-electron chi connectivity index (χ1n) is 6.91. The molecule has 0 radical (unpaired) electrons. The van der Waals surface area contributed by atoms with Crippen LogP contribution in [-0.4, -0.2) is 14.2 Å². The monoisotopic (exact) mass is 354 g/mol. The molecule has 22 heavy (non-hydrogen) atoms. The van der Waals surface area contributed by atoms with Gasteiger partial charge in [-0.2, -0.15) is 0 Å². The summed E-state index contributed by atoms with van der Waals surface area (Å²) in [6, 6.07) is 27.2. The van der Waals surface area contributed by atoms with Crippen LogP contribution < -0.4 is 11.8 Å². The maximum absolute atomic E-state index is 13.4. The topological polar surface area (TPSA) is 35.5 Å². The molecular formula is C18H15AsO3. The minimum atomic E-state index is -4.26. The molecule has 0 aromatic heterocycles. The summed E-state index contributed by atoms with van der Waals surface area (Å²) in [4.78, 5) is 0. The van der Waals surface area contributed by atoms with Gasteiger partial charge in [0.2, 0.25) is 0 Å². The first-order chi connectivity index (χ1) is 10.8. The van der Waals surface area contributed by atoms with Crippen molar-refractivity contribution in [1.82, 2.24) is 0 Å². The molecule has 0 heterocycles. The molecule has 0 N–H and O–H groups in total. The second-order valence-corrected chi connectivity index (χ2v) is 8.58. The predicted molar refractivity (Wildman–Crippen MR) is 86.7 cm³/mol. The van der Waals surface area contributed by atoms with Gasteiger partial charge in [-0.25, -0.2) is 0 Å². The molecule has 0 saturated carbocycles. The van der Waals surface area contributed by atoms with Crippen LogP contribution in [0.2, 0.25) is 0 Å². The van der Waals surface area contributed by atoms with Crippen molar-refractivity contribution in [3.63, 3.8) is 0 Å². The molecule has 0 atom stereocenters. The SMILES string of the molecule is O=[As](Oc1ccccc1)(Oc1ccccc1)c1ccccc1. The van der Waals surface area contributed by atoms with Crippen LogP contribution in [0.15, 0.2) is 91.0 Å². The second-order valence-electron chi connectivity index (χ2n) is 4.64. The second kappa shape index (κ2) is 6.59. The zero-order valence-corrected chi connectivity index (χ0v) is 13.7. The third-order valence-electron chi connectivity index (χ3n) is 3.01. The van der Waals surface area contributed by atoms with Gasteiger partial charge >= 0.3 is 132 Å². The van der Waals surface area contributed by atoms with Gasteiger partial charge in [0.1, 0.15) is 0 Å². The van der Waals surface area contributed by atoms with Crippen LogP contribution in [0.5, 0.6) is 11.5 Å². The van der Waals surface area contributed by atoms with Crippen LogP contribution in [0, 0.1) is 0 Å². The van der Waals surface area contributed by atoms with Crippen LogP contribution in [-0.2, 0) is 3.74 Å². The number of hydrogen-bond donors (Lipinski definition) is 0. The average molecular weight is 354 g/mol. The summed E-state index contributed by atoms with van der Waals surface area (Å²) in [5.41, 5.74) is 0. The number of benzene rings is 3. The molecule has 110 valence electrons. The van der Waals surface area contributed by atoms with Crippen molar-refractivity contribution in [1.29, 1.82) is 0 Å². The van der Waals surface area contributed by atoms with Crippen LogP contribution >= 0.6 is 0 Å². The number of para-hydroxylation sites is 2. The van der Waals surface area contributed by atoms with E-state index in [1.54, 1.807) is 36.4 Å². The van der Waals surface area contributed by atoms with E-state index in [-0.39, 0.29) is 0 Å². The van der Waals surface area contributed by atoms with Crippen molar-refractivity contribution in [2.75, 3.05) is 0 Å². The molecule has 3 aromatic rings. The average Bonchev–Trinajstić information content (AvgIpc) is 2.57. The Hall–Kier alpha value is -2.38. The Morgan fingerprint density at radius 3 is 1.32 bits per heavy atom. The standard InChI is InChI=1S/C18H15AsO3/c20-19(16-10-4-1-5-11-16,21-17-12-6-2-7-13-17)22-18-14-8-3-9-15-18/h1-15H. The van der Waals surface area contributed by atoms with E-state index < -0.39 is 14.2 Å². The van der Waals surface area contributed by atoms with E-state index in [0.29, 0.717) is 15.9 Å². The Balaban J connectivity index is 1.97. The summed E-state index contributed by atoms with van der Waals surface area (Å²) in [5.74, 6) is 1.06. The van der Waals surface area contributed by atoms with E-state index in [0.717, 1.165) is 0 Å². The molecule has 0 bridgehead atoms. The summed E-state index contributed by atoms with van der Waals surface area (Å²) in [6.45, 7) is 0. The first kappa shape index (κ1) is 14.6. The summed E-state index contributed by atoms with van der Waals surface area (Å²) < 4.78 is 25.5. The molecule has 0 unspecified atom stereocenters. The van der Waals surface area contributed by atoms with Crippen LogP contribution in [0.25, 0.3) is 0 Å². The Bertz CT molecular complexity index is 713. The third-order valence-corrected chi connectivity index (χ3v) is 6.86. The molecule has 0 fully saturated rings. The fraction of sp³-hybridized carbons (Fsp3) is 0. The summed E-state index contributed by atoms with van der Waals surface area (Å²) in [7, 11) is 0. The van der Waals surface area contributed by atoms with Crippen molar-refractivity contribution >= 4 is 18.5 Å². The molecule has 0 amide bonds. The van der Waals surface area contributed by atoms with Gasteiger partial charge in [0.15, 0.2) is 0 Å². The number of rotatable bonds is 5. The van der Waals surface area contributed by atoms with Gasteiger partial charge in [0, 0.05) is 0 Å². The van der Waals surface area contributed by atoms with Gasteiger partial charge < -0.3 is 0 Å². The van der Waals surface area contributed by atoms with Crippen molar-refractivity contribution in [3.05, 3.63) is 91.0 Å². The van der Waals surface area contributed by atoms with Crippen LogP contribution in [0.4, 0.5) is 0 Å². The molecule has 0 aliphatic rings. The molecule has 0 spiro atoms. The molecule has 0 aliphatic heterocycles. The van der Waals surface area contributed by atoms with E-state index in [1.165, 1.54) is 0 Å². The molecular weight excluding hydrogens is 339 g/mol. The molecule has 0 aliphatic carbocycles. The molecule has 3 nitrogen and oxygen atoms in total. The summed E-state index contributed by atoms with van der Waals surface area (Å²) in [5, 5.41) is 0. The Morgan fingerprint density at radius 2 is 0.909 bits per heavy atom. The Labute approximate surface area is 132 Å². The van der Waals surface area contributed by atoms with Crippen molar-refractivity contribution in [2.45, 2.75) is 0 Å². The Kier molecular flexibility index (Phi) is 4.36. The van der Waals surface area contributed by atoms with Gasteiger partial charge in [-0.1, -0.05) is 0 Å². The predicted octanol–water partition coefficient (Wildman–Crippen LogP) is 3.42. The van der Waals surface area contributed by atoms with Crippen LogP contribution in [0.1, 0.15) is 0 Å². The van der Waals surface area contributed by atoms with E-state index in [4.69, 9.17) is 7.45 Å².